The van der Waals surface area contributed by atoms with Crippen molar-refractivity contribution < 1.29 is 4.79 Å². The first-order chi connectivity index (χ1) is 8.58. The fourth-order valence-corrected chi connectivity index (χ4v) is 2.51. The maximum atomic E-state index is 11.5. The summed E-state index contributed by atoms with van der Waals surface area (Å²) in [5.74, 6) is 0.0824. The van der Waals surface area contributed by atoms with Gasteiger partial charge in [-0.2, -0.15) is 0 Å². The molecule has 1 aliphatic rings. The van der Waals surface area contributed by atoms with Gasteiger partial charge in [0.05, 0.1) is 12.6 Å². The molecule has 18 heavy (non-hydrogen) atoms. The number of amides is 1. The Morgan fingerprint density at radius 2 is 2.00 bits per heavy atom. The van der Waals surface area contributed by atoms with Crippen LogP contribution in [0.25, 0.3) is 0 Å². The SMILES string of the molecule is Cc1ccc(C(C(C)N)N2CCNC(=O)C2)cc1. The molecule has 2 rings (SSSR count). The number of nitrogens with two attached hydrogens (primary N) is 1. The van der Waals surface area contributed by atoms with E-state index < -0.39 is 0 Å². The van der Waals surface area contributed by atoms with Crippen LogP contribution in [-0.2, 0) is 4.79 Å². The van der Waals surface area contributed by atoms with Gasteiger partial charge in [-0.1, -0.05) is 29.8 Å². The summed E-state index contributed by atoms with van der Waals surface area (Å²) in [6, 6.07) is 8.50. The lowest BCUT2D eigenvalue weighted by Gasteiger charge is -2.36. The molecule has 1 aliphatic heterocycles. The molecule has 0 bridgehead atoms. The van der Waals surface area contributed by atoms with Crippen molar-refractivity contribution in [3.63, 3.8) is 0 Å². The minimum absolute atomic E-state index is 0.00129. The topological polar surface area (TPSA) is 58.4 Å². The van der Waals surface area contributed by atoms with Crippen molar-refractivity contribution in [1.29, 1.82) is 0 Å². The van der Waals surface area contributed by atoms with Gasteiger partial charge in [0.25, 0.3) is 0 Å². The van der Waals surface area contributed by atoms with E-state index in [1.807, 2.05) is 6.92 Å². The normalized spacial score (nSPS) is 20.3. The summed E-state index contributed by atoms with van der Waals surface area (Å²) in [6.45, 7) is 6.05. The van der Waals surface area contributed by atoms with Crippen LogP contribution in [-0.4, -0.2) is 36.5 Å². The molecule has 2 unspecified atom stereocenters. The number of carbonyl (C=O) groups excluding carboxylic acids is 1. The largest absolute Gasteiger partial charge is 0.354 e. The third-order valence-corrected chi connectivity index (χ3v) is 3.38. The number of rotatable bonds is 3. The summed E-state index contributed by atoms with van der Waals surface area (Å²) in [5.41, 5.74) is 8.53. The van der Waals surface area contributed by atoms with Crippen LogP contribution in [0.4, 0.5) is 0 Å². The van der Waals surface area contributed by atoms with E-state index in [4.69, 9.17) is 5.73 Å². The highest BCUT2D eigenvalue weighted by Gasteiger charge is 2.27. The fourth-order valence-electron chi connectivity index (χ4n) is 2.51. The van der Waals surface area contributed by atoms with Crippen LogP contribution < -0.4 is 11.1 Å². The fraction of sp³-hybridized carbons (Fsp3) is 0.500. The lowest BCUT2D eigenvalue weighted by atomic mass is 9.97. The monoisotopic (exact) mass is 247 g/mol. The van der Waals surface area contributed by atoms with Crippen LogP contribution >= 0.6 is 0 Å². The van der Waals surface area contributed by atoms with Gasteiger partial charge in [0.1, 0.15) is 0 Å². The van der Waals surface area contributed by atoms with Crippen molar-refractivity contribution in [2.24, 2.45) is 5.73 Å². The van der Waals surface area contributed by atoms with Gasteiger partial charge < -0.3 is 11.1 Å². The van der Waals surface area contributed by atoms with Gasteiger partial charge in [-0.3, -0.25) is 9.69 Å². The molecular weight excluding hydrogens is 226 g/mol. The zero-order valence-corrected chi connectivity index (χ0v) is 11.0. The maximum absolute atomic E-state index is 11.5. The Morgan fingerprint density at radius 3 is 2.56 bits per heavy atom. The third-order valence-electron chi connectivity index (χ3n) is 3.38. The summed E-state index contributed by atoms with van der Waals surface area (Å²) in [4.78, 5) is 13.7. The number of hydrogen-bond donors (Lipinski definition) is 2. The van der Waals surface area contributed by atoms with E-state index in [-0.39, 0.29) is 18.0 Å². The van der Waals surface area contributed by atoms with Crippen LogP contribution in [0.1, 0.15) is 24.1 Å². The first kappa shape index (κ1) is 13.1. The molecule has 0 spiro atoms. The molecule has 3 N–H and O–H groups in total. The highest BCUT2D eigenvalue weighted by Crippen LogP contribution is 2.24. The van der Waals surface area contributed by atoms with E-state index in [1.165, 1.54) is 11.1 Å². The molecular formula is C14H21N3O. The van der Waals surface area contributed by atoms with E-state index in [1.54, 1.807) is 0 Å². The molecule has 2 atom stereocenters. The highest BCUT2D eigenvalue weighted by molar-refractivity contribution is 5.78. The summed E-state index contributed by atoms with van der Waals surface area (Å²) in [7, 11) is 0. The lowest BCUT2D eigenvalue weighted by molar-refractivity contribution is -0.125. The summed E-state index contributed by atoms with van der Waals surface area (Å²) in [5, 5.41) is 2.84. The zero-order chi connectivity index (χ0) is 13.1. The van der Waals surface area contributed by atoms with Gasteiger partial charge in [-0.05, 0) is 19.4 Å². The first-order valence-electron chi connectivity index (χ1n) is 6.41. The number of hydrogen-bond acceptors (Lipinski definition) is 3. The van der Waals surface area contributed by atoms with Crippen LogP contribution in [0.2, 0.25) is 0 Å². The molecule has 4 heteroatoms. The minimum Gasteiger partial charge on any atom is -0.354 e. The number of carbonyl (C=O) groups is 1. The predicted molar refractivity (Wildman–Crippen MR) is 72.2 cm³/mol. The second-order valence-corrected chi connectivity index (χ2v) is 5.04. The molecule has 0 aliphatic carbocycles. The van der Waals surface area contributed by atoms with Crippen molar-refractivity contribution in [2.75, 3.05) is 19.6 Å². The third kappa shape index (κ3) is 2.89. The van der Waals surface area contributed by atoms with Crippen LogP contribution in [0.5, 0.6) is 0 Å². The Kier molecular flexibility index (Phi) is 3.99. The Balaban J connectivity index is 2.22. The number of benzene rings is 1. The van der Waals surface area contributed by atoms with E-state index in [0.29, 0.717) is 13.1 Å². The Morgan fingerprint density at radius 1 is 1.33 bits per heavy atom. The summed E-state index contributed by atoms with van der Waals surface area (Å²) < 4.78 is 0. The van der Waals surface area contributed by atoms with Gasteiger partial charge in [-0.15, -0.1) is 0 Å². The number of nitrogens with zero attached hydrogens (tertiary/aromatic N) is 1. The van der Waals surface area contributed by atoms with Crippen LogP contribution in [0, 0.1) is 6.92 Å². The smallest absolute Gasteiger partial charge is 0.234 e. The van der Waals surface area contributed by atoms with Crippen LogP contribution in [0.3, 0.4) is 0 Å². The molecule has 1 saturated heterocycles. The zero-order valence-electron chi connectivity index (χ0n) is 11.0. The van der Waals surface area contributed by atoms with Gasteiger partial charge in [0, 0.05) is 19.1 Å². The van der Waals surface area contributed by atoms with Crippen LogP contribution in [0.15, 0.2) is 24.3 Å². The second kappa shape index (κ2) is 5.50. The number of aryl methyl sites for hydroxylation is 1. The molecule has 0 radical (unpaired) electrons. The van der Waals surface area contributed by atoms with E-state index in [2.05, 4.69) is 41.4 Å². The Bertz CT molecular complexity index is 414. The van der Waals surface area contributed by atoms with Gasteiger partial charge in [0.15, 0.2) is 0 Å². The Hall–Kier alpha value is -1.39. The van der Waals surface area contributed by atoms with Crippen molar-refractivity contribution in [1.82, 2.24) is 10.2 Å². The van der Waals surface area contributed by atoms with E-state index in [0.717, 1.165) is 6.54 Å². The second-order valence-electron chi connectivity index (χ2n) is 5.04. The van der Waals surface area contributed by atoms with E-state index in [9.17, 15) is 4.79 Å². The summed E-state index contributed by atoms with van der Waals surface area (Å²) >= 11 is 0. The quantitative estimate of drug-likeness (QED) is 0.831. The average Bonchev–Trinajstić information content (AvgIpc) is 2.32. The minimum atomic E-state index is -0.00129. The molecule has 1 amide bonds. The number of nitrogens with one attached hydrogen (secondary N) is 1. The number of piperazine rings is 1. The lowest BCUT2D eigenvalue weighted by Crippen LogP contribution is -2.52. The highest BCUT2D eigenvalue weighted by atomic mass is 16.2. The van der Waals surface area contributed by atoms with Gasteiger partial charge in [-0.25, -0.2) is 0 Å². The molecule has 98 valence electrons. The van der Waals surface area contributed by atoms with Gasteiger partial charge in [0.2, 0.25) is 5.91 Å². The first-order valence-corrected chi connectivity index (χ1v) is 6.41. The standard InChI is InChI=1S/C14H21N3O/c1-10-3-5-12(6-4-10)14(11(2)15)17-8-7-16-13(18)9-17/h3-6,11,14H,7-9,15H2,1-2H3,(H,16,18). The molecule has 1 heterocycles. The van der Waals surface area contributed by atoms with Crippen molar-refractivity contribution in [3.8, 4) is 0 Å². The van der Waals surface area contributed by atoms with Gasteiger partial charge >= 0.3 is 0 Å². The Labute approximate surface area is 108 Å². The van der Waals surface area contributed by atoms with E-state index >= 15 is 0 Å². The average molecular weight is 247 g/mol. The van der Waals surface area contributed by atoms with Crippen molar-refractivity contribution in [2.45, 2.75) is 25.9 Å². The summed E-state index contributed by atoms with van der Waals surface area (Å²) in [6.07, 6.45) is 0. The molecule has 0 aromatic heterocycles. The molecule has 1 aromatic rings. The molecule has 0 saturated carbocycles. The van der Waals surface area contributed by atoms with Crippen molar-refractivity contribution in [3.05, 3.63) is 35.4 Å². The molecule has 4 nitrogen and oxygen atoms in total. The molecule has 1 aromatic carbocycles. The van der Waals surface area contributed by atoms with Crippen molar-refractivity contribution >= 4 is 5.91 Å². The maximum Gasteiger partial charge on any atom is 0.234 e. The molecule has 1 fully saturated rings. The predicted octanol–water partition coefficient (Wildman–Crippen LogP) is 0.815.